The number of hydrogen-bond donors (Lipinski definition) is 1. The van der Waals surface area contributed by atoms with E-state index in [1.165, 1.54) is 6.07 Å². The number of hydrogen-bond acceptors (Lipinski definition) is 2. The van der Waals surface area contributed by atoms with Crippen LogP contribution in [0.5, 0.6) is 0 Å². The smallest absolute Gasteiger partial charge is 0.311 e. The van der Waals surface area contributed by atoms with E-state index in [2.05, 4.69) is 0 Å². The van der Waals surface area contributed by atoms with Crippen LogP contribution in [0.2, 0.25) is 10.0 Å². The number of carboxylic acid groups (broad SMARTS) is 1. The first-order valence-corrected chi connectivity index (χ1v) is 7.13. The van der Waals surface area contributed by atoms with E-state index in [1.807, 2.05) is 6.92 Å². The van der Waals surface area contributed by atoms with Crippen LogP contribution >= 0.6 is 23.2 Å². The van der Waals surface area contributed by atoms with Gasteiger partial charge >= 0.3 is 5.97 Å². The molecule has 2 rings (SSSR count). The molecule has 0 spiro atoms. The van der Waals surface area contributed by atoms with E-state index in [9.17, 15) is 14.7 Å². The number of rotatable bonds is 3. The number of likely N-dealkylation sites (tertiary alicyclic amines) is 1. The van der Waals surface area contributed by atoms with Crippen molar-refractivity contribution in [3.8, 4) is 0 Å². The summed E-state index contributed by atoms with van der Waals surface area (Å²) >= 11 is 11.7. The lowest BCUT2D eigenvalue weighted by Gasteiger charge is -2.23. The predicted octanol–water partition coefficient (Wildman–Crippen LogP) is 3.32. The third-order valence-electron chi connectivity index (χ3n) is 3.94. The van der Waals surface area contributed by atoms with Gasteiger partial charge in [-0.1, -0.05) is 30.1 Å². The molecule has 1 aliphatic heterocycles. The Hall–Kier alpha value is -1.26. The van der Waals surface area contributed by atoms with Crippen LogP contribution in [0.3, 0.4) is 0 Å². The zero-order chi connectivity index (χ0) is 14.9. The molecule has 1 saturated heterocycles. The largest absolute Gasteiger partial charge is 0.481 e. The van der Waals surface area contributed by atoms with E-state index in [0.717, 1.165) is 0 Å². The van der Waals surface area contributed by atoms with Crippen molar-refractivity contribution in [3.63, 3.8) is 0 Å². The van der Waals surface area contributed by atoms with Gasteiger partial charge in [-0.3, -0.25) is 9.59 Å². The summed E-state index contributed by atoms with van der Waals surface area (Å²) < 4.78 is 0. The molecule has 1 unspecified atom stereocenters. The molecule has 0 aliphatic carbocycles. The maximum absolute atomic E-state index is 12.4. The summed E-state index contributed by atoms with van der Waals surface area (Å²) in [5, 5.41) is 10.0. The van der Waals surface area contributed by atoms with Gasteiger partial charge in [0.2, 0.25) is 0 Å². The monoisotopic (exact) mass is 315 g/mol. The average molecular weight is 316 g/mol. The number of carboxylic acids is 1. The van der Waals surface area contributed by atoms with Gasteiger partial charge in [-0.25, -0.2) is 0 Å². The molecule has 1 heterocycles. The van der Waals surface area contributed by atoms with Gasteiger partial charge in [0.25, 0.3) is 5.91 Å². The standard InChI is InChI=1S/C14H15Cl2NO3/c1-2-14(13(19)20)5-6-17(8-14)12(18)9-3-4-10(15)11(16)7-9/h3-4,7H,2,5-6,8H2,1H3,(H,19,20). The summed E-state index contributed by atoms with van der Waals surface area (Å²) in [5.74, 6) is -1.05. The Morgan fingerprint density at radius 3 is 2.55 bits per heavy atom. The third-order valence-corrected chi connectivity index (χ3v) is 4.68. The Bertz CT molecular complexity index is 561. The first-order valence-electron chi connectivity index (χ1n) is 6.37. The van der Waals surface area contributed by atoms with Crippen LogP contribution in [0, 0.1) is 5.41 Å². The molecule has 0 radical (unpaired) electrons. The van der Waals surface area contributed by atoms with Crippen molar-refractivity contribution in [3.05, 3.63) is 33.8 Å². The third kappa shape index (κ3) is 2.63. The van der Waals surface area contributed by atoms with Gasteiger partial charge in [0.05, 0.1) is 15.5 Å². The van der Waals surface area contributed by atoms with E-state index in [1.54, 1.807) is 17.0 Å². The van der Waals surface area contributed by atoms with Crippen LogP contribution in [0.4, 0.5) is 0 Å². The van der Waals surface area contributed by atoms with Crippen LogP contribution in [0.1, 0.15) is 30.1 Å². The zero-order valence-electron chi connectivity index (χ0n) is 11.0. The zero-order valence-corrected chi connectivity index (χ0v) is 12.5. The van der Waals surface area contributed by atoms with Crippen molar-refractivity contribution in [2.75, 3.05) is 13.1 Å². The van der Waals surface area contributed by atoms with E-state index in [0.29, 0.717) is 35.0 Å². The van der Waals surface area contributed by atoms with Crippen molar-refractivity contribution < 1.29 is 14.7 Å². The van der Waals surface area contributed by atoms with Crippen molar-refractivity contribution >= 4 is 35.1 Å². The minimum Gasteiger partial charge on any atom is -0.481 e. The maximum Gasteiger partial charge on any atom is 0.311 e. The molecule has 1 N–H and O–H groups in total. The Balaban J connectivity index is 2.19. The molecule has 6 heteroatoms. The number of amides is 1. The van der Waals surface area contributed by atoms with Gasteiger partial charge in [-0.2, -0.15) is 0 Å². The highest BCUT2D eigenvalue weighted by atomic mass is 35.5. The number of benzene rings is 1. The minimum atomic E-state index is -0.843. The number of carbonyl (C=O) groups is 2. The van der Waals surface area contributed by atoms with Crippen LogP contribution < -0.4 is 0 Å². The molecule has 1 aliphatic rings. The van der Waals surface area contributed by atoms with Gasteiger partial charge in [-0.15, -0.1) is 0 Å². The average Bonchev–Trinajstić information content (AvgIpc) is 2.87. The van der Waals surface area contributed by atoms with Gasteiger partial charge in [0, 0.05) is 18.7 Å². The van der Waals surface area contributed by atoms with Crippen molar-refractivity contribution in [1.82, 2.24) is 4.90 Å². The molecule has 0 aromatic heterocycles. The summed E-state index contributed by atoms with van der Waals surface area (Å²) in [6.45, 7) is 2.51. The van der Waals surface area contributed by atoms with E-state index in [4.69, 9.17) is 23.2 Å². The lowest BCUT2D eigenvalue weighted by Crippen LogP contribution is -2.36. The molecule has 1 aromatic rings. The summed E-state index contributed by atoms with van der Waals surface area (Å²) in [4.78, 5) is 25.3. The molecular weight excluding hydrogens is 301 g/mol. The van der Waals surface area contributed by atoms with Crippen LogP contribution in [0.25, 0.3) is 0 Å². The first-order chi connectivity index (χ1) is 9.39. The molecule has 0 saturated carbocycles. The lowest BCUT2D eigenvalue weighted by molar-refractivity contribution is -0.148. The second-order valence-electron chi connectivity index (χ2n) is 5.04. The summed E-state index contributed by atoms with van der Waals surface area (Å²) in [6, 6.07) is 4.68. The SMILES string of the molecule is CCC1(C(=O)O)CCN(C(=O)c2ccc(Cl)c(Cl)c2)C1. The van der Waals surface area contributed by atoms with E-state index in [-0.39, 0.29) is 12.5 Å². The fourth-order valence-electron chi connectivity index (χ4n) is 2.47. The normalized spacial score (nSPS) is 22.1. The van der Waals surface area contributed by atoms with Gasteiger partial charge in [0.15, 0.2) is 0 Å². The van der Waals surface area contributed by atoms with E-state index >= 15 is 0 Å². The number of aliphatic carboxylic acids is 1. The molecule has 20 heavy (non-hydrogen) atoms. The van der Waals surface area contributed by atoms with Gasteiger partial charge in [-0.05, 0) is 31.0 Å². The maximum atomic E-state index is 12.4. The molecule has 1 fully saturated rings. The minimum absolute atomic E-state index is 0.208. The summed E-state index contributed by atoms with van der Waals surface area (Å²) in [5.41, 5.74) is -0.400. The highest BCUT2D eigenvalue weighted by Gasteiger charge is 2.44. The second kappa shape index (κ2) is 5.62. The Morgan fingerprint density at radius 2 is 2.05 bits per heavy atom. The van der Waals surface area contributed by atoms with Crippen LogP contribution in [-0.4, -0.2) is 35.0 Å². The van der Waals surface area contributed by atoms with Crippen molar-refractivity contribution in [1.29, 1.82) is 0 Å². The Kier molecular flexibility index (Phi) is 4.25. The lowest BCUT2D eigenvalue weighted by atomic mass is 9.84. The predicted molar refractivity (Wildman–Crippen MR) is 77.3 cm³/mol. The molecule has 108 valence electrons. The van der Waals surface area contributed by atoms with Gasteiger partial charge in [0.1, 0.15) is 0 Å². The molecule has 1 atom stereocenters. The molecule has 4 nitrogen and oxygen atoms in total. The van der Waals surface area contributed by atoms with Crippen LogP contribution in [-0.2, 0) is 4.79 Å². The molecule has 1 aromatic carbocycles. The highest BCUT2D eigenvalue weighted by molar-refractivity contribution is 6.42. The summed E-state index contributed by atoms with van der Waals surface area (Å²) in [6.07, 6.45) is 0.985. The number of halogens is 2. The highest BCUT2D eigenvalue weighted by Crippen LogP contribution is 2.35. The molecule has 1 amide bonds. The molecular formula is C14H15Cl2NO3. The first kappa shape index (κ1) is 15.1. The fraction of sp³-hybridized carbons (Fsp3) is 0.429. The van der Waals surface area contributed by atoms with E-state index < -0.39 is 11.4 Å². The van der Waals surface area contributed by atoms with Crippen molar-refractivity contribution in [2.24, 2.45) is 5.41 Å². The quantitative estimate of drug-likeness (QED) is 0.930. The second-order valence-corrected chi connectivity index (χ2v) is 5.86. The molecule has 0 bridgehead atoms. The van der Waals surface area contributed by atoms with Gasteiger partial charge < -0.3 is 10.0 Å². The number of nitrogens with zero attached hydrogens (tertiary/aromatic N) is 1. The van der Waals surface area contributed by atoms with Crippen molar-refractivity contribution in [2.45, 2.75) is 19.8 Å². The Morgan fingerprint density at radius 1 is 1.35 bits per heavy atom. The summed E-state index contributed by atoms with van der Waals surface area (Å²) in [7, 11) is 0. The topological polar surface area (TPSA) is 57.6 Å². The number of carbonyl (C=O) groups excluding carboxylic acids is 1. The fourth-order valence-corrected chi connectivity index (χ4v) is 2.77. The Labute approximate surface area is 127 Å². The van der Waals surface area contributed by atoms with Crippen LogP contribution in [0.15, 0.2) is 18.2 Å².